The molecule has 3 rings (SSSR count). The average Bonchev–Trinajstić information content (AvgIpc) is 2.67. The van der Waals surface area contributed by atoms with Crippen LogP contribution >= 0.6 is 0 Å². The van der Waals surface area contributed by atoms with E-state index in [1.165, 1.54) is 22.0 Å². The first-order valence-electron chi connectivity index (χ1n) is 7.07. The first-order valence-corrected chi connectivity index (χ1v) is 7.07. The second-order valence-electron chi connectivity index (χ2n) is 5.74. The zero-order valence-electron chi connectivity index (χ0n) is 12.2. The summed E-state index contributed by atoms with van der Waals surface area (Å²) in [6.07, 6.45) is 2.60. The van der Waals surface area contributed by atoms with Gasteiger partial charge >= 0.3 is 0 Å². The second-order valence-corrected chi connectivity index (χ2v) is 5.74. The maximum absolute atomic E-state index is 11.0. The Morgan fingerprint density at radius 3 is 2.60 bits per heavy atom. The van der Waals surface area contributed by atoms with E-state index in [-0.39, 0.29) is 5.41 Å². The highest BCUT2D eigenvalue weighted by Gasteiger charge is 2.40. The van der Waals surface area contributed by atoms with Crippen molar-refractivity contribution >= 4 is 22.7 Å². The number of hydrogen-bond acceptors (Lipinski definition) is 2. The highest BCUT2D eigenvalue weighted by atomic mass is 16.1. The van der Waals surface area contributed by atoms with Crippen molar-refractivity contribution in [3.05, 3.63) is 53.7 Å². The number of anilines is 1. The van der Waals surface area contributed by atoms with E-state index in [1.807, 2.05) is 0 Å². The maximum atomic E-state index is 11.0. The van der Waals surface area contributed by atoms with E-state index in [0.717, 1.165) is 18.5 Å². The van der Waals surface area contributed by atoms with Gasteiger partial charge in [0.05, 0.1) is 0 Å². The number of benzene rings is 2. The van der Waals surface area contributed by atoms with Crippen LogP contribution in [0.15, 0.2) is 48.2 Å². The molecule has 2 heteroatoms. The summed E-state index contributed by atoms with van der Waals surface area (Å²) >= 11 is 0. The standard InChI is InChI=1S/C18H19NO/c1-4-19-15-10-9-13-7-5-6-8-14(13)17(15)18(2,3)16(19)11-12-20/h5-12H,4H2,1-3H3. The molecular formula is C18H19NO. The van der Waals surface area contributed by atoms with Gasteiger partial charge in [-0.15, -0.1) is 0 Å². The monoisotopic (exact) mass is 265 g/mol. The first-order chi connectivity index (χ1) is 9.61. The lowest BCUT2D eigenvalue weighted by molar-refractivity contribution is -0.104. The van der Waals surface area contributed by atoms with Gasteiger partial charge in [-0.1, -0.05) is 44.2 Å². The summed E-state index contributed by atoms with van der Waals surface area (Å²) in [6, 6.07) is 12.8. The minimum atomic E-state index is -0.146. The van der Waals surface area contributed by atoms with Crippen LogP contribution in [0.4, 0.5) is 5.69 Å². The Bertz CT molecular complexity index is 712. The lowest BCUT2D eigenvalue weighted by Crippen LogP contribution is -2.26. The number of hydrogen-bond donors (Lipinski definition) is 0. The second kappa shape index (κ2) is 4.48. The molecule has 2 aromatic rings. The third kappa shape index (κ3) is 1.61. The van der Waals surface area contributed by atoms with Crippen LogP contribution in [-0.4, -0.2) is 12.8 Å². The summed E-state index contributed by atoms with van der Waals surface area (Å²) in [7, 11) is 0. The van der Waals surface area contributed by atoms with Gasteiger partial charge in [-0.3, -0.25) is 4.79 Å². The summed E-state index contributed by atoms with van der Waals surface area (Å²) in [4.78, 5) is 13.3. The molecule has 20 heavy (non-hydrogen) atoms. The molecule has 0 saturated heterocycles. The SMILES string of the molecule is CCN1C(=CC=O)C(C)(C)c2c1ccc1ccccc21. The molecule has 1 aliphatic rings. The van der Waals surface area contributed by atoms with Gasteiger partial charge in [0.2, 0.25) is 0 Å². The quantitative estimate of drug-likeness (QED) is 0.603. The summed E-state index contributed by atoms with van der Waals surface area (Å²) in [5.74, 6) is 0. The van der Waals surface area contributed by atoms with E-state index >= 15 is 0 Å². The topological polar surface area (TPSA) is 20.3 Å². The Morgan fingerprint density at radius 1 is 1.15 bits per heavy atom. The van der Waals surface area contributed by atoms with Crippen LogP contribution in [-0.2, 0) is 10.2 Å². The van der Waals surface area contributed by atoms with Gasteiger partial charge in [0.15, 0.2) is 0 Å². The van der Waals surface area contributed by atoms with Crippen LogP contribution in [0.1, 0.15) is 26.3 Å². The van der Waals surface area contributed by atoms with E-state index in [2.05, 4.69) is 62.1 Å². The third-order valence-corrected chi connectivity index (χ3v) is 4.30. The fraction of sp³-hybridized carbons (Fsp3) is 0.278. The van der Waals surface area contributed by atoms with Crippen LogP contribution in [0.3, 0.4) is 0 Å². The normalized spacial score (nSPS) is 18.6. The predicted octanol–water partition coefficient (Wildman–Crippen LogP) is 4.04. The van der Waals surface area contributed by atoms with Crippen molar-refractivity contribution in [3.63, 3.8) is 0 Å². The summed E-state index contributed by atoms with van der Waals surface area (Å²) in [5.41, 5.74) is 3.49. The minimum absolute atomic E-state index is 0.146. The van der Waals surface area contributed by atoms with Gasteiger partial charge in [0, 0.05) is 23.3 Å². The summed E-state index contributed by atoms with van der Waals surface area (Å²) in [6.45, 7) is 7.39. The fourth-order valence-corrected chi connectivity index (χ4v) is 3.44. The Balaban J connectivity index is 2.39. The van der Waals surface area contributed by atoms with Crippen molar-refractivity contribution in [1.82, 2.24) is 0 Å². The van der Waals surface area contributed by atoms with Gasteiger partial charge in [-0.25, -0.2) is 0 Å². The largest absolute Gasteiger partial charge is 0.344 e. The molecule has 0 bridgehead atoms. The Kier molecular flexibility index (Phi) is 2.89. The molecule has 0 unspecified atom stereocenters. The van der Waals surface area contributed by atoms with E-state index in [1.54, 1.807) is 6.08 Å². The molecular weight excluding hydrogens is 246 g/mol. The fourth-order valence-electron chi connectivity index (χ4n) is 3.44. The van der Waals surface area contributed by atoms with Crippen LogP contribution in [0.25, 0.3) is 10.8 Å². The number of carbonyl (C=O) groups excluding carboxylic acids is 1. The summed E-state index contributed by atoms with van der Waals surface area (Å²) in [5, 5.41) is 2.53. The van der Waals surface area contributed by atoms with Crippen LogP contribution in [0.2, 0.25) is 0 Å². The maximum Gasteiger partial charge on any atom is 0.144 e. The van der Waals surface area contributed by atoms with Crippen LogP contribution < -0.4 is 4.90 Å². The molecule has 0 fully saturated rings. The van der Waals surface area contributed by atoms with Crippen LogP contribution in [0.5, 0.6) is 0 Å². The molecule has 0 saturated carbocycles. The highest BCUT2D eigenvalue weighted by Crippen LogP contribution is 2.50. The average molecular weight is 265 g/mol. The zero-order valence-corrected chi connectivity index (χ0v) is 12.2. The lowest BCUT2D eigenvalue weighted by Gasteiger charge is -2.25. The molecule has 0 N–H and O–H groups in total. The molecule has 0 amide bonds. The third-order valence-electron chi connectivity index (χ3n) is 4.30. The minimum Gasteiger partial charge on any atom is -0.344 e. The zero-order chi connectivity index (χ0) is 14.3. The number of aldehydes is 1. The number of rotatable bonds is 2. The van der Waals surface area contributed by atoms with E-state index in [9.17, 15) is 4.79 Å². The van der Waals surface area contributed by atoms with Gasteiger partial charge in [-0.2, -0.15) is 0 Å². The molecule has 0 aromatic heterocycles. The van der Waals surface area contributed by atoms with Gasteiger partial charge in [0.25, 0.3) is 0 Å². The molecule has 2 nitrogen and oxygen atoms in total. The van der Waals surface area contributed by atoms with E-state index < -0.39 is 0 Å². The highest BCUT2D eigenvalue weighted by molar-refractivity contribution is 5.95. The number of likely N-dealkylation sites (N-methyl/N-ethyl adjacent to an activating group) is 1. The van der Waals surface area contributed by atoms with Crippen molar-refractivity contribution in [2.75, 3.05) is 11.4 Å². The summed E-state index contributed by atoms with van der Waals surface area (Å²) < 4.78 is 0. The number of allylic oxidation sites excluding steroid dienone is 2. The first kappa shape index (κ1) is 12.9. The molecule has 0 spiro atoms. The molecule has 102 valence electrons. The Labute approximate surface area is 119 Å². The smallest absolute Gasteiger partial charge is 0.144 e. The van der Waals surface area contributed by atoms with Gasteiger partial charge in [0.1, 0.15) is 6.29 Å². The van der Waals surface area contributed by atoms with Crippen molar-refractivity contribution in [2.24, 2.45) is 0 Å². The van der Waals surface area contributed by atoms with Crippen molar-refractivity contribution in [2.45, 2.75) is 26.2 Å². The Hall–Kier alpha value is -2.09. The van der Waals surface area contributed by atoms with Crippen molar-refractivity contribution < 1.29 is 4.79 Å². The number of carbonyl (C=O) groups is 1. The lowest BCUT2D eigenvalue weighted by atomic mass is 9.81. The Morgan fingerprint density at radius 2 is 1.90 bits per heavy atom. The molecule has 0 aliphatic carbocycles. The molecule has 0 atom stereocenters. The van der Waals surface area contributed by atoms with E-state index in [0.29, 0.717) is 0 Å². The van der Waals surface area contributed by atoms with Crippen LogP contribution in [0, 0.1) is 0 Å². The molecule has 2 aromatic carbocycles. The molecule has 1 heterocycles. The van der Waals surface area contributed by atoms with Gasteiger partial charge < -0.3 is 4.90 Å². The van der Waals surface area contributed by atoms with Gasteiger partial charge in [-0.05, 0) is 35.4 Å². The predicted molar refractivity (Wildman–Crippen MR) is 84.1 cm³/mol. The van der Waals surface area contributed by atoms with Crippen molar-refractivity contribution in [3.8, 4) is 0 Å². The number of fused-ring (bicyclic) bond motifs is 3. The molecule has 1 aliphatic heterocycles. The van der Waals surface area contributed by atoms with E-state index in [4.69, 9.17) is 0 Å². The molecule has 0 radical (unpaired) electrons. The number of nitrogens with zero attached hydrogens (tertiary/aromatic N) is 1. The van der Waals surface area contributed by atoms with Crippen molar-refractivity contribution in [1.29, 1.82) is 0 Å².